The van der Waals surface area contributed by atoms with E-state index in [9.17, 15) is 29.4 Å². The number of fused-ring (bicyclic) bond motifs is 2. The number of carboxylic acid groups (broad SMARTS) is 2. The number of aromatic nitrogens is 2. The lowest BCUT2D eigenvalue weighted by atomic mass is 9.92. The first-order valence-electron chi connectivity index (χ1n) is 15.1. The van der Waals surface area contributed by atoms with Gasteiger partial charge in [0.2, 0.25) is 5.91 Å². The molecule has 2 amide bonds. The molecule has 3 aliphatic rings. The summed E-state index contributed by atoms with van der Waals surface area (Å²) < 4.78 is 0. The molecule has 0 spiro atoms. The fourth-order valence-electron chi connectivity index (χ4n) is 6.54. The average molecular weight is 599 g/mol. The van der Waals surface area contributed by atoms with Gasteiger partial charge in [-0.15, -0.1) is 0 Å². The lowest BCUT2D eigenvalue weighted by Gasteiger charge is -2.10. The lowest BCUT2D eigenvalue weighted by Crippen LogP contribution is -2.17. The topological polar surface area (TPSA) is 165 Å². The van der Waals surface area contributed by atoms with Crippen LogP contribution in [0.15, 0.2) is 33.5 Å². The molecular weight excluding hydrogens is 560 g/mol. The van der Waals surface area contributed by atoms with Gasteiger partial charge in [-0.25, -0.2) is 4.99 Å². The number of H-pyrrole nitrogens is 2. The maximum Gasteiger partial charge on any atom is 0.303 e. The van der Waals surface area contributed by atoms with Crippen molar-refractivity contribution in [3.05, 3.63) is 72.8 Å². The van der Waals surface area contributed by atoms with E-state index in [0.29, 0.717) is 36.4 Å². The highest BCUT2D eigenvalue weighted by Crippen LogP contribution is 2.30. The van der Waals surface area contributed by atoms with Gasteiger partial charge in [-0.05, 0) is 111 Å². The molecule has 2 aliphatic heterocycles. The van der Waals surface area contributed by atoms with E-state index in [-0.39, 0.29) is 37.0 Å². The minimum absolute atomic E-state index is 0.0489. The number of rotatable bonds is 9. The van der Waals surface area contributed by atoms with E-state index in [2.05, 4.69) is 20.3 Å². The Balaban J connectivity index is 1.69. The number of aliphatic imine (C=N–C) groups is 1. The molecule has 1 aliphatic carbocycles. The van der Waals surface area contributed by atoms with E-state index in [4.69, 9.17) is 0 Å². The molecule has 10 heteroatoms. The molecule has 4 heterocycles. The third-order valence-corrected chi connectivity index (χ3v) is 8.87. The van der Waals surface area contributed by atoms with Gasteiger partial charge in [0.15, 0.2) is 0 Å². The summed E-state index contributed by atoms with van der Waals surface area (Å²) in [4.78, 5) is 59.4. The first-order chi connectivity index (χ1) is 21.0. The smallest absolute Gasteiger partial charge is 0.303 e. The van der Waals surface area contributed by atoms with Crippen molar-refractivity contribution in [2.24, 2.45) is 10.9 Å². The molecule has 2 aromatic rings. The van der Waals surface area contributed by atoms with E-state index in [0.717, 1.165) is 68.2 Å². The monoisotopic (exact) mass is 598 g/mol. The summed E-state index contributed by atoms with van der Waals surface area (Å²) in [7, 11) is 0. The number of nitrogens with one attached hydrogen (secondary N) is 3. The second kappa shape index (κ2) is 12.5. The number of amides is 2. The van der Waals surface area contributed by atoms with Crippen molar-refractivity contribution in [3.8, 4) is 0 Å². The van der Waals surface area contributed by atoms with Gasteiger partial charge >= 0.3 is 11.9 Å². The van der Waals surface area contributed by atoms with Gasteiger partial charge in [-0.3, -0.25) is 19.2 Å². The van der Waals surface area contributed by atoms with Crippen molar-refractivity contribution >= 4 is 47.7 Å². The molecule has 10 nitrogen and oxygen atoms in total. The molecule has 1 fully saturated rings. The van der Waals surface area contributed by atoms with Crippen molar-refractivity contribution < 1.29 is 29.4 Å². The van der Waals surface area contributed by atoms with Crippen LogP contribution in [0.25, 0.3) is 18.2 Å². The minimum atomic E-state index is -0.911. The number of aliphatic carboxylic acids is 2. The first-order valence-corrected chi connectivity index (χ1v) is 15.1. The molecule has 1 saturated heterocycles. The van der Waals surface area contributed by atoms with Gasteiger partial charge < -0.3 is 25.5 Å². The van der Waals surface area contributed by atoms with E-state index < -0.39 is 11.9 Å². The van der Waals surface area contributed by atoms with Crippen molar-refractivity contribution in [1.29, 1.82) is 0 Å². The van der Waals surface area contributed by atoms with Gasteiger partial charge in [0.25, 0.3) is 5.91 Å². The third-order valence-electron chi connectivity index (χ3n) is 8.87. The molecule has 44 heavy (non-hydrogen) atoms. The maximum atomic E-state index is 12.6. The first kappa shape index (κ1) is 30.7. The molecule has 230 valence electrons. The minimum Gasteiger partial charge on any atom is -0.481 e. The van der Waals surface area contributed by atoms with Crippen LogP contribution in [0.5, 0.6) is 0 Å². The highest BCUT2D eigenvalue weighted by Gasteiger charge is 2.29. The zero-order valence-corrected chi connectivity index (χ0v) is 25.5. The van der Waals surface area contributed by atoms with Crippen molar-refractivity contribution in [2.45, 2.75) is 79.1 Å². The molecule has 0 radical (unpaired) electrons. The van der Waals surface area contributed by atoms with Crippen LogP contribution in [0.2, 0.25) is 0 Å². The Morgan fingerprint density at radius 3 is 2.39 bits per heavy atom. The van der Waals surface area contributed by atoms with Gasteiger partial charge in [0.1, 0.15) is 0 Å². The number of nitrogens with zero attached hydrogens (tertiary/aromatic N) is 1. The number of carbonyl (C=O) groups excluding carboxylic acids is 2. The number of hydrogen-bond acceptors (Lipinski definition) is 4. The molecule has 5 rings (SSSR count). The fourth-order valence-corrected chi connectivity index (χ4v) is 6.54. The maximum absolute atomic E-state index is 12.6. The molecule has 0 bridgehead atoms. The van der Waals surface area contributed by atoms with Gasteiger partial charge in [0.05, 0.1) is 11.6 Å². The molecule has 2 aromatic heterocycles. The van der Waals surface area contributed by atoms with Crippen LogP contribution in [0.4, 0.5) is 0 Å². The van der Waals surface area contributed by atoms with Crippen LogP contribution in [-0.2, 0) is 38.4 Å². The fraction of sp³-hybridized carbons (Fsp3) is 0.382. The highest BCUT2D eigenvalue weighted by atomic mass is 16.4. The number of aromatic amines is 2. The summed E-state index contributed by atoms with van der Waals surface area (Å²) in [5.74, 6) is -2.35. The number of carbonyl (C=O) groups is 4. The predicted octanol–water partition coefficient (Wildman–Crippen LogP) is 3.37. The van der Waals surface area contributed by atoms with E-state index in [1.807, 2.05) is 52.0 Å². The zero-order chi connectivity index (χ0) is 31.7. The number of hydrogen-bond donors (Lipinski definition) is 5. The third kappa shape index (κ3) is 5.89. The van der Waals surface area contributed by atoms with E-state index >= 15 is 0 Å². The second-order valence-corrected chi connectivity index (χ2v) is 11.5. The number of carboxylic acids is 2. The Hall–Kier alpha value is -4.73. The Kier molecular flexibility index (Phi) is 8.71. The summed E-state index contributed by atoms with van der Waals surface area (Å²) in [6, 6.07) is 0. The summed E-state index contributed by atoms with van der Waals surface area (Å²) in [5.41, 5.74) is 9.06. The van der Waals surface area contributed by atoms with Crippen LogP contribution < -0.4 is 16.0 Å². The van der Waals surface area contributed by atoms with E-state index in [1.54, 1.807) is 0 Å². The molecular formula is C34H38N4O6. The Bertz CT molecular complexity index is 1830. The largest absolute Gasteiger partial charge is 0.481 e. The summed E-state index contributed by atoms with van der Waals surface area (Å²) >= 11 is 0. The summed E-state index contributed by atoms with van der Waals surface area (Å²) in [5, 5.41) is 23.5. The molecule has 1 atom stereocenters. The molecule has 5 N–H and O–H groups in total. The predicted molar refractivity (Wildman–Crippen MR) is 167 cm³/mol. The van der Waals surface area contributed by atoms with Crippen LogP contribution in [-0.4, -0.2) is 49.6 Å². The molecule has 1 unspecified atom stereocenters. The zero-order valence-electron chi connectivity index (χ0n) is 25.5. The number of allylic oxidation sites excluding steroid dienone is 3. The van der Waals surface area contributed by atoms with Gasteiger partial charge in [0, 0.05) is 46.2 Å². The van der Waals surface area contributed by atoms with Crippen molar-refractivity contribution in [2.75, 3.05) is 0 Å². The quantitative estimate of drug-likeness (QED) is 0.297. The van der Waals surface area contributed by atoms with Crippen LogP contribution in [0.3, 0.4) is 0 Å². The normalized spacial score (nSPS) is 21.2. The van der Waals surface area contributed by atoms with E-state index in [1.165, 1.54) is 0 Å². The van der Waals surface area contributed by atoms with Gasteiger partial charge in [-0.1, -0.05) is 13.0 Å². The molecule has 0 aromatic carbocycles. The standard InChI is InChI=1S/C34H38N4O6/c1-5-19-18(4)33(43)37-26(19)14-25-17(3)21(10-12-31(39)40)27(35-25)15-29-24(11-13-32(41)42)23-9-7-8-22-20(6-2)34(44)38-30(22)16-28(23)36-29/h5,14-16,18,35-36H,6-13H2,1-4H3,(H,37,43)(H,39,40)(H,41,42)/b19-5-,26-14-,28-16+,29-15-. The lowest BCUT2D eigenvalue weighted by molar-refractivity contribution is -0.138. The Labute approximate surface area is 255 Å². The van der Waals surface area contributed by atoms with Gasteiger partial charge in [-0.2, -0.15) is 0 Å². The second-order valence-electron chi connectivity index (χ2n) is 11.5. The Morgan fingerprint density at radius 1 is 1.02 bits per heavy atom. The highest BCUT2D eigenvalue weighted by molar-refractivity contribution is 6.31. The SMILES string of the molecule is C/C=C1\C(=C\c2[nH]c(/C=c3\[nH]/c4c(c3CCC(=O)O)CCCC3=C(CC)C(=O)N=C3\C=4)c(CCC(=O)O)c2C)NC(=O)C1C. The van der Waals surface area contributed by atoms with Crippen LogP contribution >= 0.6 is 0 Å². The Morgan fingerprint density at radius 2 is 1.73 bits per heavy atom. The van der Waals surface area contributed by atoms with Crippen molar-refractivity contribution in [1.82, 2.24) is 15.3 Å². The molecule has 0 saturated carbocycles. The average Bonchev–Trinajstić information content (AvgIpc) is 3.62. The summed E-state index contributed by atoms with van der Waals surface area (Å²) in [6.45, 7) is 7.63. The van der Waals surface area contributed by atoms with Crippen LogP contribution in [0.1, 0.15) is 86.5 Å². The van der Waals surface area contributed by atoms with Crippen LogP contribution in [0, 0.1) is 12.8 Å². The van der Waals surface area contributed by atoms with Crippen molar-refractivity contribution in [3.63, 3.8) is 0 Å². The summed E-state index contributed by atoms with van der Waals surface area (Å²) in [6.07, 6.45) is 11.0.